The van der Waals surface area contributed by atoms with E-state index in [4.69, 9.17) is 9.47 Å². The molecular weight excluding hydrogens is 457 g/mol. The Morgan fingerprint density at radius 1 is 0.882 bits per heavy atom. The molecule has 2 atom stereocenters. The number of sulfonamides is 1. The van der Waals surface area contributed by atoms with Crippen LogP contribution in [-0.4, -0.2) is 33.8 Å². The van der Waals surface area contributed by atoms with E-state index in [-0.39, 0.29) is 10.8 Å². The summed E-state index contributed by atoms with van der Waals surface area (Å²) in [5, 5.41) is 12.3. The van der Waals surface area contributed by atoms with E-state index in [9.17, 15) is 17.9 Å². The van der Waals surface area contributed by atoms with E-state index < -0.39 is 27.5 Å². The number of methoxy groups -OCH3 is 2. The molecule has 2 N–H and O–H groups in total. The zero-order valence-electron chi connectivity index (χ0n) is 19.7. The molecule has 3 aromatic rings. The summed E-state index contributed by atoms with van der Waals surface area (Å²) in [4.78, 5) is -0.0889. The molecule has 3 rings (SSSR count). The number of rotatable bonds is 10. The Hall–Kier alpha value is -2.94. The Bertz CT molecular complexity index is 1130. The fraction of sp³-hybridized carbons (Fsp3) is 0.308. The molecule has 6 nitrogen and oxygen atoms in total. The Morgan fingerprint density at radius 2 is 1.32 bits per heavy atom. The van der Waals surface area contributed by atoms with Crippen LogP contribution in [0, 0.1) is 11.7 Å². The fourth-order valence-electron chi connectivity index (χ4n) is 3.91. The molecule has 0 radical (unpaired) electrons. The fourth-order valence-corrected chi connectivity index (χ4v) is 5.28. The minimum absolute atomic E-state index is 0.0889. The molecule has 8 heteroatoms. The summed E-state index contributed by atoms with van der Waals surface area (Å²) < 4.78 is 53.2. The van der Waals surface area contributed by atoms with Gasteiger partial charge >= 0.3 is 0 Å². The lowest BCUT2D eigenvalue weighted by atomic mass is 9.75. The van der Waals surface area contributed by atoms with Gasteiger partial charge < -0.3 is 14.6 Å². The standard InChI is InChI=1S/C26H30FNO5S/c1-5-18(2)25(28-34(30,31)24-16-10-21(27)11-17-24)26(29,19-6-12-22(32-3)13-7-19)20-8-14-23(33-4)15-9-20/h6-18,25,28-29H,5H2,1-4H3. The first kappa shape index (κ1) is 25.7. The van der Waals surface area contributed by atoms with Crippen molar-refractivity contribution in [2.45, 2.75) is 36.8 Å². The molecule has 0 aliphatic rings. The van der Waals surface area contributed by atoms with Gasteiger partial charge in [-0.15, -0.1) is 0 Å². The number of benzene rings is 3. The average Bonchev–Trinajstić information content (AvgIpc) is 2.86. The van der Waals surface area contributed by atoms with E-state index >= 15 is 0 Å². The van der Waals surface area contributed by atoms with Gasteiger partial charge in [-0.25, -0.2) is 17.5 Å². The lowest BCUT2D eigenvalue weighted by Crippen LogP contribution is -2.54. The third kappa shape index (κ3) is 5.24. The first-order valence-corrected chi connectivity index (χ1v) is 12.4. The highest BCUT2D eigenvalue weighted by molar-refractivity contribution is 7.89. The van der Waals surface area contributed by atoms with Crippen molar-refractivity contribution < 1.29 is 27.4 Å². The molecule has 3 aromatic carbocycles. The summed E-state index contributed by atoms with van der Waals surface area (Å²) in [5.74, 6) is 0.399. The summed E-state index contributed by atoms with van der Waals surface area (Å²) in [6, 6.07) is 17.3. The van der Waals surface area contributed by atoms with Gasteiger partial charge in [0.1, 0.15) is 22.9 Å². The summed E-state index contributed by atoms with van der Waals surface area (Å²) in [6.45, 7) is 3.79. The lowest BCUT2D eigenvalue weighted by Gasteiger charge is -2.40. The molecule has 0 amide bonds. The maximum atomic E-state index is 13.4. The molecule has 0 spiro atoms. The molecule has 0 bridgehead atoms. The SMILES string of the molecule is CCC(C)C(NS(=O)(=O)c1ccc(F)cc1)C(O)(c1ccc(OC)cc1)c1ccc(OC)cc1. The van der Waals surface area contributed by atoms with Crippen molar-refractivity contribution in [3.8, 4) is 11.5 Å². The van der Waals surface area contributed by atoms with Crippen LogP contribution in [0.25, 0.3) is 0 Å². The summed E-state index contributed by atoms with van der Waals surface area (Å²) in [7, 11) is -0.992. The van der Waals surface area contributed by atoms with Crippen LogP contribution in [0.3, 0.4) is 0 Å². The minimum Gasteiger partial charge on any atom is -0.497 e. The van der Waals surface area contributed by atoms with Gasteiger partial charge in [-0.2, -0.15) is 0 Å². The molecular formula is C26H30FNO5S. The van der Waals surface area contributed by atoms with Crippen LogP contribution < -0.4 is 14.2 Å². The summed E-state index contributed by atoms with van der Waals surface area (Å²) in [5.41, 5.74) is -0.753. The molecule has 0 saturated carbocycles. The number of aliphatic hydroxyl groups is 1. The van der Waals surface area contributed by atoms with Gasteiger partial charge in [0, 0.05) is 0 Å². The molecule has 0 aliphatic heterocycles. The summed E-state index contributed by atoms with van der Waals surface area (Å²) in [6.07, 6.45) is 0.589. The van der Waals surface area contributed by atoms with Gasteiger partial charge in [0.25, 0.3) is 0 Å². The first-order chi connectivity index (χ1) is 16.1. The number of nitrogens with one attached hydrogen (secondary N) is 1. The van der Waals surface area contributed by atoms with Crippen LogP contribution >= 0.6 is 0 Å². The van der Waals surface area contributed by atoms with Crippen molar-refractivity contribution in [2.75, 3.05) is 14.2 Å². The third-order valence-electron chi connectivity index (χ3n) is 6.13. The van der Waals surface area contributed by atoms with Crippen LogP contribution in [-0.2, 0) is 15.6 Å². The number of hydrogen-bond acceptors (Lipinski definition) is 5. The van der Waals surface area contributed by atoms with E-state index in [0.717, 1.165) is 12.1 Å². The third-order valence-corrected chi connectivity index (χ3v) is 7.59. The van der Waals surface area contributed by atoms with Crippen LogP contribution in [0.1, 0.15) is 31.4 Å². The van der Waals surface area contributed by atoms with Crippen molar-refractivity contribution in [1.29, 1.82) is 0 Å². The maximum Gasteiger partial charge on any atom is 0.240 e. The highest BCUT2D eigenvalue weighted by Gasteiger charge is 2.45. The molecule has 0 heterocycles. The average molecular weight is 488 g/mol. The van der Waals surface area contributed by atoms with Gasteiger partial charge in [0.15, 0.2) is 0 Å². The van der Waals surface area contributed by atoms with Crippen LogP contribution in [0.2, 0.25) is 0 Å². The molecule has 0 aromatic heterocycles. The second-order valence-electron chi connectivity index (χ2n) is 8.16. The van der Waals surface area contributed by atoms with Gasteiger partial charge in [-0.1, -0.05) is 44.5 Å². The Labute approximate surface area is 200 Å². The van der Waals surface area contributed by atoms with Crippen molar-refractivity contribution >= 4 is 10.0 Å². The van der Waals surface area contributed by atoms with E-state index in [1.807, 2.05) is 13.8 Å². The van der Waals surface area contributed by atoms with Gasteiger partial charge in [0.05, 0.1) is 25.2 Å². The van der Waals surface area contributed by atoms with Crippen molar-refractivity contribution in [2.24, 2.45) is 5.92 Å². The molecule has 0 saturated heterocycles. The number of hydrogen-bond donors (Lipinski definition) is 2. The summed E-state index contributed by atoms with van der Waals surface area (Å²) >= 11 is 0. The molecule has 182 valence electrons. The number of halogens is 1. The smallest absolute Gasteiger partial charge is 0.240 e. The minimum atomic E-state index is -4.08. The van der Waals surface area contributed by atoms with Crippen molar-refractivity contribution in [1.82, 2.24) is 4.72 Å². The van der Waals surface area contributed by atoms with Gasteiger partial charge in [-0.05, 0) is 65.6 Å². The zero-order chi connectivity index (χ0) is 24.9. The predicted octanol–water partition coefficient (Wildman–Crippen LogP) is 4.47. The maximum absolute atomic E-state index is 13.4. The Morgan fingerprint density at radius 3 is 1.71 bits per heavy atom. The van der Waals surface area contributed by atoms with E-state index in [0.29, 0.717) is 29.0 Å². The highest BCUT2D eigenvalue weighted by atomic mass is 32.2. The van der Waals surface area contributed by atoms with E-state index in [1.54, 1.807) is 62.8 Å². The van der Waals surface area contributed by atoms with Crippen molar-refractivity contribution in [3.05, 3.63) is 89.7 Å². The van der Waals surface area contributed by atoms with Gasteiger partial charge in [-0.3, -0.25) is 0 Å². The highest BCUT2D eigenvalue weighted by Crippen LogP contribution is 2.39. The largest absolute Gasteiger partial charge is 0.497 e. The van der Waals surface area contributed by atoms with Crippen LogP contribution in [0.4, 0.5) is 4.39 Å². The van der Waals surface area contributed by atoms with Crippen LogP contribution in [0.15, 0.2) is 77.7 Å². The normalized spacial score (nSPS) is 13.8. The predicted molar refractivity (Wildman–Crippen MR) is 129 cm³/mol. The Kier molecular flexibility index (Phi) is 7.97. The monoisotopic (exact) mass is 487 g/mol. The second-order valence-corrected chi connectivity index (χ2v) is 9.88. The zero-order valence-corrected chi connectivity index (χ0v) is 20.5. The molecule has 0 aliphatic carbocycles. The molecule has 0 fully saturated rings. The van der Waals surface area contributed by atoms with E-state index in [1.165, 1.54) is 12.1 Å². The van der Waals surface area contributed by atoms with Crippen molar-refractivity contribution in [3.63, 3.8) is 0 Å². The molecule has 34 heavy (non-hydrogen) atoms. The van der Waals surface area contributed by atoms with Gasteiger partial charge in [0.2, 0.25) is 10.0 Å². The number of ether oxygens (including phenoxy) is 2. The second kappa shape index (κ2) is 10.5. The molecule has 2 unspecified atom stereocenters. The first-order valence-electron chi connectivity index (χ1n) is 10.9. The topological polar surface area (TPSA) is 84.9 Å². The quantitative estimate of drug-likeness (QED) is 0.441. The van der Waals surface area contributed by atoms with E-state index in [2.05, 4.69) is 4.72 Å². The van der Waals surface area contributed by atoms with Crippen LogP contribution in [0.5, 0.6) is 11.5 Å². The lowest BCUT2D eigenvalue weighted by molar-refractivity contribution is 0.0246. The Balaban J connectivity index is 2.18.